The Hall–Kier alpha value is -2.71. The molecule has 0 spiro atoms. The minimum absolute atomic E-state index is 0.0340. The molecule has 0 radical (unpaired) electrons. The Bertz CT molecular complexity index is 991. The van der Waals surface area contributed by atoms with Crippen LogP contribution in [-0.4, -0.2) is 10.1 Å². The van der Waals surface area contributed by atoms with Crippen molar-refractivity contribution in [3.05, 3.63) is 89.6 Å². The van der Waals surface area contributed by atoms with E-state index < -0.39 is 0 Å². The second-order valence-corrected chi connectivity index (χ2v) is 5.80. The number of para-hydroxylation sites is 1. The van der Waals surface area contributed by atoms with Gasteiger partial charge in [0.05, 0.1) is 17.8 Å². The maximum absolute atomic E-state index is 9.67. The standard InChI is InChI=1S/C21H17NO/c23-14-21-19(13-18-7-3-4-8-20(18)22-21)12-15-9-10-16-5-1-2-6-17(16)11-15/h1-11,13,23H,12,14H2. The SMILES string of the molecule is OCc1nc2ccccc2cc1Cc1ccc2ccccc2c1. The molecule has 0 saturated carbocycles. The molecule has 112 valence electrons. The highest BCUT2D eigenvalue weighted by atomic mass is 16.3. The van der Waals surface area contributed by atoms with Gasteiger partial charge in [-0.2, -0.15) is 0 Å². The van der Waals surface area contributed by atoms with E-state index in [-0.39, 0.29) is 6.61 Å². The van der Waals surface area contributed by atoms with E-state index in [2.05, 4.69) is 59.6 Å². The van der Waals surface area contributed by atoms with Gasteiger partial charge in [-0.3, -0.25) is 4.98 Å². The molecule has 1 N–H and O–H groups in total. The number of aliphatic hydroxyl groups is 1. The van der Waals surface area contributed by atoms with Crippen LogP contribution in [0, 0.1) is 0 Å². The topological polar surface area (TPSA) is 33.1 Å². The lowest BCUT2D eigenvalue weighted by atomic mass is 9.99. The fraction of sp³-hybridized carbons (Fsp3) is 0.0952. The summed E-state index contributed by atoms with van der Waals surface area (Å²) in [6, 6.07) is 25.1. The van der Waals surface area contributed by atoms with Crippen molar-refractivity contribution in [1.82, 2.24) is 4.98 Å². The maximum Gasteiger partial charge on any atom is 0.0856 e. The molecule has 4 aromatic rings. The minimum Gasteiger partial charge on any atom is -0.390 e. The first-order valence-electron chi connectivity index (χ1n) is 7.79. The van der Waals surface area contributed by atoms with E-state index in [1.54, 1.807) is 0 Å². The van der Waals surface area contributed by atoms with E-state index in [1.165, 1.54) is 16.3 Å². The second-order valence-electron chi connectivity index (χ2n) is 5.80. The molecule has 1 aromatic heterocycles. The molecule has 2 heteroatoms. The van der Waals surface area contributed by atoms with E-state index in [9.17, 15) is 5.11 Å². The fourth-order valence-corrected chi connectivity index (χ4v) is 3.06. The normalized spacial score (nSPS) is 11.2. The van der Waals surface area contributed by atoms with Crippen molar-refractivity contribution in [2.75, 3.05) is 0 Å². The summed E-state index contributed by atoms with van der Waals surface area (Å²) in [4.78, 5) is 4.60. The number of fused-ring (bicyclic) bond motifs is 2. The summed E-state index contributed by atoms with van der Waals surface area (Å²) in [5.41, 5.74) is 4.01. The molecule has 2 nitrogen and oxygen atoms in total. The number of rotatable bonds is 3. The molecule has 0 aliphatic rings. The van der Waals surface area contributed by atoms with Crippen LogP contribution in [0.3, 0.4) is 0 Å². The van der Waals surface area contributed by atoms with Gasteiger partial charge in [0.1, 0.15) is 0 Å². The van der Waals surface area contributed by atoms with E-state index in [0.717, 1.165) is 28.6 Å². The highest BCUT2D eigenvalue weighted by molar-refractivity contribution is 5.83. The molecule has 0 atom stereocenters. The molecule has 3 aromatic carbocycles. The predicted molar refractivity (Wildman–Crippen MR) is 94.4 cm³/mol. The van der Waals surface area contributed by atoms with Crippen LogP contribution in [0.5, 0.6) is 0 Å². The van der Waals surface area contributed by atoms with Gasteiger partial charge in [-0.05, 0) is 40.5 Å². The van der Waals surface area contributed by atoms with Gasteiger partial charge in [0, 0.05) is 5.39 Å². The third-order valence-corrected chi connectivity index (χ3v) is 4.25. The van der Waals surface area contributed by atoms with E-state index in [1.807, 2.05) is 18.2 Å². The lowest BCUT2D eigenvalue weighted by Crippen LogP contribution is -2.00. The van der Waals surface area contributed by atoms with Gasteiger partial charge < -0.3 is 5.11 Å². The van der Waals surface area contributed by atoms with Gasteiger partial charge in [0.2, 0.25) is 0 Å². The average molecular weight is 299 g/mol. The molecule has 0 saturated heterocycles. The van der Waals surface area contributed by atoms with Gasteiger partial charge in [-0.15, -0.1) is 0 Å². The minimum atomic E-state index is -0.0340. The van der Waals surface area contributed by atoms with Crippen LogP contribution in [0.2, 0.25) is 0 Å². The van der Waals surface area contributed by atoms with Gasteiger partial charge in [-0.1, -0.05) is 60.7 Å². The Labute approximate surface area is 135 Å². The van der Waals surface area contributed by atoms with E-state index >= 15 is 0 Å². The van der Waals surface area contributed by atoms with Gasteiger partial charge in [0.25, 0.3) is 0 Å². The van der Waals surface area contributed by atoms with E-state index in [0.29, 0.717) is 0 Å². The van der Waals surface area contributed by atoms with Crippen molar-refractivity contribution in [1.29, 1.82) is 0 Å². The molecule has 1 heterocycles. The molecule has 0 aliphatic heterocycles. The Balaban J connectivity index is 1.78. The van der Waals surface area contributed by atoms with Crippen LogP contribution in [0.15, 0.2) is 72.8 Å². The largest absolute Gasteiger partial charge is 0.390 e. The zero-order chi connectivity index (χ0) is 15.6. The number of aliphatic hydroxyl groups excluding tert-OH is 1. The van der Waals surface area contributed by atoms with Crippen LogP contribution in [-0.2, 0) is 13.0 Å². The summed E-state index contributed by atoms with van der Waals surface area (Å²) in [5.74, 6) is 0. The lowest BCUT2D eigenvalue weighted by molar-refractivity contribution is 0.276. The Morgan fingerprint density at radius 3 is 2.30 bits per heavy atom. The highest BCUT2D eigenvalue weighted by Crippen LogP contribution is 2.22. The molecule has 0 aliphatic carbocycles. The number of benzene rings is 3. The zero-order valence-corrected chi connectivity index (χ0v) is 12.7. The Morgan fingerprint density at radius 2 is 1.48 bits per heavy atom. The van der Waals surface area contributed by atoms with E-state index in [4.69, 9.17) is 0 Å². The highest BCUT2D eigenvalue weighted by Gasteiger charge is 2.07. The van der Waals surface area contributed by atoms with Crippen molar-refractivity contribution in [2.24, 2.45) is 0 Å². The van der Waals surface area contributed by atoms with Crippen molar-refractivity contribution in [2.45, 2.75) is 13.0 Å². The predicted octanol–water partition coefficient (Wildman–Crippen LogP) is 4.47. The number of nitrogens with zero attached hydrogens (tertiary/aromatic N) is 1. The van der Waals surface area contributed by atoms with Crippen molar-refractivity contribution >= 4 is 21.7 Å². The smallest absolute Gasteiger partial charge is 0.0856 e. The first kappa shape index (κ1) is 13.9. The molecule has 4 rings (SSSR count). The van der Waals surface area contributed by atoms with Gasteiger partial charge in [0.15, 0.2) is 0 Å². The summed E-state index contributed by atoms with van der Waals surface area (Å²) < 4.78 is 0. The third kappa shape index (κ3) is 2.69. The second kappa shape index (κ2) is 5.82. The van der Waals surface area contributed by atoms with Gasteiger partial charge in [-0.25, -0.2) is 0 Å². The summed E-state index contributed by atoms with van der Waals surface area (Å²) in [7, 11) is 0. The molecular weight excluding hydrogens is 282 g/mol. The molecule has 23 heavy (non-hydrogen) atoms. The summed E-state index contributed by atoms with van der Waals surface area (Å²) in [6.45, 7) is -0.0340. The fourth-order valence-electron chi connectivity index (χ4n) is 3.06. The molecule has 0 bridgehead atoms. The molecule has 0 unspecified atom stereocenters. The number of pyridine rings is 1. The van der Waals surface area contributed by atoms with Crippen molar-refractivity contribution < 1.29 is 5.11 Å². The van der Waals surface area contributed by atoms with Crippen molar-refractivity contribution in [3.63, 3.8) is 0 Å². The summed E-state index contributed by atoms with van der Waals surface area (Å²) >= 11 is 0. The Morgan fingerprint density at radius 1 is 0.739 bits per heavy atom. The maximum atomic E-state index is 9.67. The number of aromatic nitrogens is 1. The van der Waals surface area contributed by atoms with Gasteiger partial charge >= 0.3 is 0 Å². The molecule has 0 amide bonds. The van der Waals surface area contributed by atoms with Crippen LogP contribution in [0.1, 0.15) is 16.8 Å². The molecular formula is C21H17NO. The van der Waals surface area contributed by atoms with Crippen LogP contribution in [0.4, 0.5) is 0 Å². The summed E-state index contributed by atoms with van der Waals surface area (Å²) in [6.07, 6.45) is 0.776. The lowest BCUT2D eigenvalue weighted by Gasteiger charge is -2.10. The first-order chi connectivity index (χ1) is 11.3. The van der Waals surface area contributed by atoms with Crippen LogP contribution >= 0.6 is 0 Å². The third-order valence-electron chi connectivity index (χ3n) is 4.25. The van der Waals surface area contributed by atoms with Crippen molar-refractivity contribution in [3.8, 4) is 0 Å². The number of hydrogen-bond acceptors (Lipinski definition) is 2. The number of hydrogen-bond donors (Lipinski definition) is 1. The zero-order valence-electron chi connectivity index (χ0n) is 12.7. The van der Waals surface area contributed by atoms with Crippen LogP contribution < -0.4 is 0 Å². The van der Waals surface area contributed by atoms with Crippen LogP contribution in [0.25, 0.3) is 21.7 Å². The summed E-state index contributed by atoms with van der Waals surface area (Å²) in [5, 5.41) is 13.3. The quantitative estimate of drug-likeness (QED) is 0.605. The first-order valence-corrected chi connectivity index (χ1v) is 7.79. The average Bonchev–Trinajstić information content (AvgIpc) is 2.61. The Kier molecular flexibility index (Phi) is 3.52. The molecule has 0 fully saturated rings. The monoisotopic (exact) mass is 299 g/mol.